The molecule has 0 aliphatic carbocycles. The number of fused-ring (bicyclic) bond motifs is 1. The maximum atomic E-state index is 10.4. The highest BCUT2D eigenvalue weighted by atomic mass is 16.7. The molecule has 146 valence electrons. The smallest absolute Gasteiger partial charge is 0.187 e. The third-order valence-electron chi connectivity index (χ3n) is 5.37. The average Bonchev–Trinajstić information content (AvgIpc) is 3.03. The van der Waals surface area contributed by atoms with Gasteiger partial charge in [-0.05, 0) is 0 Å². The highest BCUT2D eigenvalue weighted by Gasteiger charge is 2.58. The molecule has 0 amide bonds. The molecule has 11 atom stereocenters. The lowest BCUT2D eigenvalue weighted by molar-refractivity contribution is -0.314. The van der Waals surface area contributed by atoms with Crippen molar-refractivity contribution in [2.45, 2.75) is 67.2 Å². The van der Waals surface area contributed by atoms with E-state index in [1.54, 1.807) is 0 Å². The molecule has 0 spiro atoms. The van der Waals surface area contributed by atoms with E-state index in [4.69, 9.17) is 9.47 Å². The minimum absolute atomic E-state index is 0.0419. The Labute approximate surface area is 143 Å². The first-order valence-corrected chi connectivity index (χ1v) is 8.18. The van der Waals surface area contributed by atoms with Crippen LogP contribution in [0.15, 0.2) is 0 Å². The van der Waals surface area contributed by atoms with Crippen molar-refractivity contribution < 1.29 is 50.3 Å². The van der Waals surface area contributed by atoms with Gasteiger partial charge in [-0.2, -0.15) is 0 Å². The van der Waals surface area contributed by atoms with E-state index in [0.717, 1.165) is 0 Å². The van der Waals surface area contributed by atoms with Crippen LogP contribution in [0.4, 0.5) is 0 Å². The lowest BCUT2D eigenvalue weighted by Crippen LogP contribution is -2.60. The highest BCUT2D eigenvalue weighted by molar-refractivity contribution is 5.10. The normalized spacial score (nSPS) is 54.0. The third kappa shape index (κ3) is 3.09. The molecular weight excluding hydrogens is 342 g/mol. The van der Waals surface area contributed by atoms with Gasteiger partial charge in [0.2, 0.25) is 0 Å². The fraction of sp³-hybridized carbons (Fsp3) is 1.00. The van der Waals surface area contributed by atoms with Crippen molar-refractivity contribution in [3.63, 3.8) is 0 Å². The van der Waals surface area contributed by atoms with Crippen LogP contribution in [0.5, 0.6) is 0 Å². The number of nitrogens with zero attached hydrogens (tertiary/aromatic N) is 1. The van der Waals surface area contributed by atoms with Gasteiger partial charge in [0.1, 0.15) is 30.5 Å². The largest absolute Gasteiger partial charge is 0.395 e. The van der Waals surface area contributed by atoms with E-state index in [0.29, 0.717) is 0 Å². The zero-order valence-electron chi connectivity index (χ0n) is 13.3. The van der Waals surface area contributed by atoms with Gasteiger partial charge in [0.05, 0.1) is 43.6 Å². The molecule has 0 aromatic carbocycles. The maximum Gasteiger partial charge on any atom is 0.187 e. The van der Waals surface area contributed by atoms with Gasteiger partial charge in [0, 0.05) is 6.54 Å². The average molecular weight is 367 g/mol. The summed E-state index contributed by atoms with van der Waals surface area (Å²) in [6.07, 6.45) is -12.0. The molecule has 0 bridgehead atoms. The van der Waals surface area contributed by atoms with Crippen LogP contribution < -0.4 is 0 Å². The van der Waals surface area contributed by atoms with Crippen molar-refractivity contribution >= 4 is 0 Å². The summed E-state index contributed by atoms with van der Waals surface area (Å²) in [5.41, 5.74) is 0. The van der Waals surface area contributed by atoms with Crippen molar-refractivity contribution in [3.05, 3.63) is 0 Å². The summed E-state index contributed by atoms with van der Waals surface area (Å²) in [4.78, 5) is 1.52. The summed E-state index contributed by atoms with van der Waals surface area (Å²) >= 11 is 0. The highest BCUT2D eigenvalue weighted by Crippen LogP contribution is 2.36. The molecule has 25 heavy (non-hydrogen) atoms. The summed E-state index contributed by atoms with van der Waals surface area (Å²) in [5.74, 6) is 0. The Kier molecular flexibility index (Phi) is 5.63. The molecular formula is C14H25NO10. The second kappa shape index (κ2) is 7.29. The van der Waals surface area contributed by atoms with Gasteiger partial charge in [-0.15, -0.1) is 0 Å². The number of hydrogen-bond acceptors (Lipinski definition) is 11. The Morgan fingerprint density at radius 3 is 2.08 bits per heavy atom. The predicted molar refractivity (Wildman–Crippen MR) is 78.0 cm³/mol. The van der Waals surface area contributed by atoms with Gasteiger partial charge in [-0.3, -0.25) is 4.90 Å². The number of rotatable bonds is 4. The standard InChI is InChI=1S/C14H25NO10/c16-2-4-8(18)11(21)7-9(19)5(1-15(4)7)24-14-13(23)12(22)10(20)6(3-17)25-14/h4-14,16-23H,1-3H2/t4-,5-,6+,7+,8+,9+,10+,11+,12-,13+,14-/m0/s1. The lowest BCUT2D eigenvalue weighted by Gasteiger charge is -2.40. The number of hydrogen-bond donors (Lipinski definition) is 8. The first-order valence-electron chi connectivity index (χ1n) is 8.18. The first-order chi connectivity index (χ1) is 11.8. The molecule has 11 heteroatoms. The van der Waals surface area contributed by atoms with Gasteiger partial charge >= 0.3 is 0 Å². The summed E-state index contributed by atoms with van der Waals surface area (Å²) in [6.45, 7) is -0.987. The van der Waals surface area contributed by atoms with E-state index < -0.39 is 80.4 Å². The van der Waals surface area contributed by atoms with Crippen molar-refractivity contribution in [1.82, 2.24) is 4.90 Å². The van der Waals surface area contributed by atoms with E-state index >= 15 is 0 Å². The Morgan fingerprint density at radius 1 is 0.800 bits per heavy atom. The van der Waals surface area contributed by atoms with Crippen LogP contribution in [-0.4, -0.2) is 133 Å². The molecule has 0 aromatic rings. The van der Waals surface area contributed by atoms with Crippen LogP contribution in [0.1, 0.15) is 0 Å². The number of aliphatic hydroxyl groups is 8. The van der Waals surface area contributed by atoms with Crippen LogP contribution >= 0.6 is 0 Å². The van der Waals surface area contributed by atoms with E-state index in [2.05, 4.69) is 0 Å². The minimum atomic E-state index is -1.61. The zero-order chi connectivity index (χ0) is 18.5. The first kappa shape index (κ1) is 19.3. The van der Waals surface area contributed by atoms with Crippen molar-refractivity contribution in [3.8, 4) is 0 Å². The third-order valence-corrected chi connectivity index (χ3v) is 5.37. The predicted octanol–water partition coefficient (Wildman–Crippen LogP) is -5.69. The summed E-state index contributed by atoms with van der Waals surface area (Å²) in [7, 11) is 0. The molecule has 0 radical (unpaired) electrons. The van der Waals surface area contributed by atoms with Gasteiger partial charge < -0.3 is 50.3 Å². The van der Waals surface area contributed by atoms with Crippen LogP contribution in [0.3, 0.4) is 0 Å². The number of ether oxygens (including phenoxy) is 2. The molecule has 0 unspecified atom stereocenters. The molecule has 0 saturated carbocycles. The summed E-state index contributed by atoms with van der Waals surface area (Å²) in [6, 6.07) is -1.62. The molecule has 3 fully saturated rings. The van der Waals surface area contributed by atoms with Crippen LogP contribution in [0.2, 0.25) is 0 Å². The van der Waals surface area contributed by atoms with E-state index in [1.807, 2.05) is 0 Å². The Balaban J connectivity index is 1.70. The van der Waals surface area contributed by atoms with Gasteiger partial charge in [0.15, 0.2) is 6.29 Å². The Bertz CT molecular complexity index is 467. The van der Waals surface area contributed by atoms with Crippen LogP contribution in [-0.2, 0) is 9.47 Å². The van der Waals surface area contributed by atoms with Gasteiger partial charge in [-0.1, -0.05) is 0 Å². The second-order valence-electron chi connectivity index (χ2n) is 6.78. The van der Waals surface area contributed by atoms with Gasteiger partial charge in [-0.25, -0.2) is 0 Å². The molecule has 8 N–H and O–H groups in total. The topological polar surface area (TPSA) is 184 Å². The van der Waals surface area contributed by atoms with Crippen molar-refractivity contribution in [2.75, 3.05) is 19.8 Å². The fourth-order valence-electron chi connectivity index (χ4n) is 3.92. The molecule has 11 nitrogen and oxygen atoms in total. The molecule has 3 aliphatic heterocycles. The van der Waals surface area contributed by atoms with Gasteiger partial charge in [0.25, 0.3) is 0 Å². The summed E-state index contributed by atoms with van der Waals surface area (Å²) < 4.78 is 10.8. The molecule has 3 heterocycles. The zero-order valence-corrected chi connectivity index (χ0v) is 13.3. The van der Waals surface area contributed by atoms with E-state index in [1.165, 1.54) is 4.90 Å². The van der Waals surface area contributed by atoms with Crippen LogP contribution in [0.25, 0.3) is 0 Å². The quantitative estimate of drug-likeness (QED) is 0.237. The monoisotopic (exact) mass is 367 g/mol. The van der Waals surface area contributed by atoms with Crippen LogP contribution in [0, 0.1) is 0 Å². The SMILES string of the molecule is OC[C@H]1O[C@H](O[C@H]2CN3[C@@H]([C@@H](O)[C@H](O)[C@@H]3CO)[C@@H]2O)[C@H](O)[C@@H](O)[C@@H]1O. The molecule has 3 rings (SSSR count). The van der Waals surface area contributed by atoms with E-state index in [9.17, 15) is 40.9 Å². The Morgan fingerprint density at radius 2 is 1.48 bits per heavy atom. The lowest BCUT2D eigenvalue weighted by atomic mass is 9.99. The molecule has 3 aliphatic rings. The second-order valence-corrected chi connectivity index (χ2v) is 6.78. The Hall–Kier alpha value is -0.440. The van der Waals surface area contributed by atoms with Crippen molar-refractivity contribution in [2.24, 2.45) is 0 Å². The van der Waals surface area contributed by atoms with Crippen molar-refractivity contribution in [1.29, 1.82) is 0 Å². The molecule has 0 aromatic heterocycles. The maximum absolute atomic E-state index is 10.4. The van der Waals surface area contributed by atoms with E-state index in [-0.39, 0.29) is 6.54 Å². The molecule has 3 saturated heterocycles. The number of aliphatic hydroxyl groups excluding tert-OH is 8. The minimum Gasteiger partial charge on any atom is -0.395 e. The fourth-order valence-corrected chi connectivity index (χ4v) is 3.92. The summed E-state index contributed by atoms with van der Waals surface area (Å²) in [5, 5.41) is 78.5.